The van der Waals surface area contributed by atoms with Crippen molar-refractivity contribution in [1.29, 1.82) is 0 Å². The van der Waals surface area contributed by atoms with Crippen molar-refractivity contribution in [3.05, 3.63) is 28.8 Å². The maximum Gasteiger partial charge on any atom is 0.409 e. The van der Waals surface area contributed by atoms with Gasteiger partial charge >= 0.3 is 6.09 Å². The fraction of sp³-hybridized carbons (Fsp3) is 0.412. The number of hydrogen-bond donors (Lipinski definition) is 2. The Hall–Kier alpha value is -2.21. The van der Waals surface area contributed by atoms with Gasteiger partial charge in [0.05, 0.1) is 18.2 Å². The van der Waals surface area contributed by atoms with Gasteiger partial charge in [0.2, 0.25) is 0 Å². The molecule has 1 aliphatic heterocycles. The zero-order valence-electron chi connectivity index (χ0n) is 13.5. The molecule has 1 aromatic heterocycles. The Morgan fingerprint density at radius 2 is 2.25 bits per heavy atom. The van der Waals surface area contributed by atoms with Crippen molar-refractivity contribution in [3.63, 3.8) is 0 Å². The maximum atomic E-state index is 11.7. The monoisotopic (exact) mass is 349 g/mol. The van der Waals surface area contributed by atoms with E-state index in [1.807, 2.05) is 6.07 Å². The van der Waals surface area contributed by atoms with Crippen molar-refractivity contribution in [3.8, 4) is 5.88 Å². The minimum Gasteiger partial charge on any atom is -0.494 e. The summed E-state index contributed by atoms with van der Waals surface area (Å²) in [5.41, 5.74) is 1.45. The van der Waals surface area contributed by atoms with E-state index < -0.39 is 0 Å². The molecule has 0 atom stereocenters. The van der Waals surface area contributed by atoms with Gasteiger partial charge in [0, 0.05) is 35.2 Å². The Bertz CT molecular complexity index is 764. The molecule has 1 saturated heterocycles. The second-order valence-corrected chi connectivity index (χ2v) is 6.21. The summed E-state index contributed by atoms with van der Waals surface area (Å²) in [6, 6.07) is 5.52. The molecule has 2 heterocycles. The van der Waals surface area contributed by atoms with Gasteiger partial charge in [-0.3, -0.25) is 4.99 Å². The third-order valence-electron chi connectivity index (χ3n) is 4.18. The van der Waals surface area contributed by atoms with Crippen LogP contribution in [0.25, 0.3) is 10.9 Å². The molecule has 0 radical (unpaired) electrons. The highest BCUT2D eigenvalue weighted by Gasteiger charge is 2.23. The molecule has 0 bridgehead atoms. The van der Waals surface area contributed by atoms with Gasteiger partial charge in [0.15, 0.2) is 5.88 Å². The van der Waals surface area contributed by atoms with Crippen LogP contribution >= 0.6 is 11.6 Å². The van der Waals surface area contributed by atoms with Crippen molar-refractivity contribution in [2.24, 2.45) is 4.99 Å². The van der Waals surface area contributed by atoms with Crippen molar-refractivity contribution >= 4 is 34.8 Å². The summed E-state index contributed by atoms with van der Waals surface area (Å²) in [4.78, 5) is 20.9. The molecule has 7 heteroatoms. The number of likely N-dealkylation sites (tertiary alicyclic amines) is 1. The molecule has 1 aliphatic rings. The summed E-state index contributed by atoms with van der Waals surface area (Å²) in [7, 11) is 0. The van der Waals surface area contributed by atoms with E-state index in [1.54, 1.807) is 30.2 Å². The maximum absolute atomic E-state index is 11.7. The van der Waals surface area contributed by atoms with E-state index in [0.29, 0.717) is 30.3 Å². The number of benzene rings is 1. The molecule has 2 N–H and O–H groups in total. The molecule has 0 saturated carbocycles. The van der Waals surface area contributed by atoms with Crippen molar-refractivity contribution in [2.75, 3.05) is 19.7 Å². The van der Waals surface area contributed by atoms with Crippen LogP contribution in [0.2, 0.25) is 5.02 Å². The lowest BCUT2D eigenvalue weighted by Gasteiger charge is -2.29. The summed E-state index contributed by atoms with van der Waals surface area (Å²) in [5, 5.41) is 11.5. The van der Waals surface area contributed by atoms with Gasteiger partial charge in [0.25, 0.3) is 0 Å². The number of piperidine rings is 1. The molecule has 6 nitrogen and oxygen atoms in total. The molecule has 1 amide bonds. The number of H-pyrrole nitrogens is 1. The number of nitrogens with zero attached hydrogens (tertiary/aromatic N) is 2. The predicted octanol–water partition coefficient (Wildman–Crippen LogP) is 3.57. The fourth-order valence-corrected chi connectivity index (χ4v) is 3.07. The van der Waals surface area contributed by atoms with E-state index in [0.717, 1.165) is 23.7 Å². The average Bonchev–Trinajstić information content (AvgIpc) is 2.88. The highest BCUT2D eigenvalue weighted by atomic mass is 35.5. The minimum absolute atomic E-state index is 0.0833. The number of hydrogen-bond acceptors (Lipinski definition) is 4. The second-order valence-electron chi connectivity index (χ2n) is 5.77. The lowest BCUT2D eigenvalue weighted by Crippen LogP contribution is -2.40. The Labute approximate surface area is 145 Å². The summed E-state index contributed by atoms with van der Waals surface area (Å²) < 4.78 is 5.01. The van der Waals surface area contributed by atoms with Crippen LogP contribution in [0.15, 0.2) is 23.2 Å². The molecular weight excluding hydrogens is 330 g/mol. The zero-order chi connectivity index (χ0) is 17.1. The van der Waals surface area contributed by atoms with Gasteiger partial charge in [-0.05, 0) is 38.0 Å². The SMILES string of the molecule is CCOC(=O)N1CCC(N=Cc2c(O)[nH]c3ccc(Cl)cc23)CC1. The van der Waals surface area contributed by atoms with Gasteiger partial charge in [-0.15, -0.1) is 0 Å². The summed E-state index contributed by atoms with van der Waals surface area (Å²) in [6.07, 6.45) is 2.98. The van der Waals surface area contributed by atoms with Gasteiger partial charge in [0.1, 0.15) is 0 Å². The fourth-order valence-electron chi connectivity index (χ4n) is 2.89. The van der Waals surface area contributed by atoms with E-state index >= 15 is 0 Å². The standard InChI is InChI=1S/C17H20ClN3O3/c1-2-24-17(23)21-7-5-12(6-8-21)19-10-14-13-9-11(18)3-4-15(13)20-16(14)22/h3-4,9-10,12,20,22H,2,5-8H2,1H3. The van der Waals surface area contributed by atoms with Crippen molar-refractivity contribution < 1.29 is 14.6 Å². The van der Waals surface area contributed by atoms with Gasteiger partial charge < -0.3 is 19.7 Å². The summed E-state index contributed by atoms with van der Waals surface area (Å²) >= 11 is 6.03. The number of rotatable bonds is 3. The van der Waals surface area contributed by atoms with Crippen LogP contribution in [0, 0.1) is 0 Å². The minimum atomic E-state index is -0.260. The number of ether oxygens (including phenoxy) is 1. The second kappa shape index (κ2) is 7.13. The molecule has 24 heavy (non-hydrogen) atoms. The number of amides is 1. The van der Waals surface area contributed by atoms with Crippen LogP contribution in [0.3, 0.4) is 0 Å². The van der Waals surface area contributed by atoms with Crippen molar-refractivity contribution in [2.45, 2.75) is 25.8 Å². The Morgan fingerprint density at radius 3 is 2.96 bits per heavy atom. The third kappa shape index (κ3) is 3.48. The quantitative estimate of drug-likeness (QED) is 0.831. The lowest BCUT2D eigenvalue weighted by atomic mass is 10.1. The van der Waals surface area contributed by atoms with Crippen LogP contribution in [0.4, 0.5) is 4.79 Å². The Kier molecular flexibility index (Phi) is 4.94. The largest absolute Gasteiger partial charge is 0.494 e. The number of aromatic nitrogens is 1. The lowest BCUT2D eigenvalue weighted by molar-refractivity contribution is 0.0975. The van der Waals surface area contributed by atoms with E-state index in [2.05, 4.69) is 9.98 Å². The Morgan fingerprint density at radius 1 is 1.50 bits per heavy atom. The van der Waals surface area contributed by atoms with Crippen molar-refractivity contribution in [1.82, 2.24) is 9.88 Å². The first-order valence-corrected chi connectivity index (χ1v) is 8.41. The summed E-state index contributed by atoms with van der Waals surface area (Å²) in [6.45, 7) is 3.45. The Balaban J connectivity index is 1.68. The predicted molar refractivity (Wildman–Crippen MR) is 94.2 cm³/mol. The third-order valence-corrected chi connectivity index (χ3v) is 4.42. The normalized spacial score (nSPS) is 16.2. The summed E-state index contributed by atoms with van der Waals surface area (Å²) in [5.74, 6) is 0.0833. The van der Waals surface area contributed by atoms with E-state index in [-0.39, 0.29) is 18.0 Å². The van der Waals surface area contributed by atoms with Crippen LogP contribution in [-0.4, -0.2) is 53.0 Å². The first-order valence-electron chi connectivity index (χ1n) is 8.03. The highest BCUT2D eigenvalue weighted by molar-refractivity contribution is 6.31. The number of aliphatic imine (C=N–C) groups is 1. The van der Waals surface area contributed by atoms with Gasteiger partial charge in [-0.1, -0.05) is 11.6 Å². The molecule has 1 fully saturated rings. The zero-order valence-corrected chi connectivity index (χ0v) is 14.2. The molecule has 1 aromatic carbocycles. The molecule has 3 rings (SSSR count). The highest BCUT2D eigenvalue weighted by Crippen LogP contribution is 2.28. The number of fused-ring (bicyclic) bond motifs is 1. The number of aromatic amines is 1. The molecular formula is C17H20ClN3O3. The van der Waals surface area contributed by atoms with Crippen LogP contribution in [0.5, 0.6) is 5.88 Å². The first kappa shape index (κ1) is 16.6. The molecule has 0 aliphatic carbocycles. The number of aromatic hydroxyl groups is 1. The number of carbonyl (C=O) groups excluding carboxylic acids is 1. The molecule has 2 aromatic rings. The van der Waals surface area contributed by atoms with E-state index in [4.69, 9.17) is 16.3 Å². The van der Waals surface area contributed by atoms with Gasteiger partial charge in [-0.25, -0.2) is 4.79 Å². The number of halogens is 1. The average molecular weight is 350 g/mol. The molecule has 0 unspecified atom stereocenters. The first-order chi connectivity index (χ1) is 11.6. The van der Waals surface area contributed by atoms with Gasteiger partial charge in [-0.2, -0.15) is 0 Å². The topological polar surface area (TPSA) is 77.9 Å². The van der Waals surface area contributed by atoms with Crippen LogP contribution < -0.4 is 0 Å². The van der Waals surface area contributed by atoms with Crippen LogP contribution in [0.1, 0.15) is 25.3 Å². The van der Waals surface area contributed by atoms with E-state index in [1.165, 1.54) is 0 Å². The number of carbonyl (C=O) groups is 1. The molecule has 128 valence electrons. The van der Waals surface area contributed by atoms with Crippen LogP contribution in [-0.2, 0) is 4.74 Å². The van der Waals surface area contributed by atoms with E-state index in [9.17, 15) is 9.90 Å². The molecule has 0 spiro atoms. The smallest absolute Gasteiger partial charge is 0.409 e. The number of nitrogens with one attached hydrogen (secondary N) is 1.